The van der Waals surface area contributed by atoms with Gasteiger partial charge in [0.1, 0.15) is 0 Å². The first-order valence-corrected chi connectivity index (χ1v) is 8.11. The number of benzene rings is 2. The van der Waals surface area contributed by atoms with Crippen LogP contribution in [-0.2, 0) is 26.3 Å². The van der Waals surface area contributed by atoms with E-state index in [2.05, 4.69) is 0 Å². The number of amides is 2. The minimum absolute atomic E-state index is 0.115. The van der Waals surface area contributed by atoms with E-state index in [1.54, 1.807) is 12.1 Å². The van der Waals surface area contributed by atoms with Crippen molar-refractivity contribution in [3.63, 3.8) is 0 Å². The molecule has 128 valence electrons. The van der Waals surface area contributed by atoms with Crippen molar-refractivity contribution < 1.29 is 19.5 Å². The molecule has 0 bridgehead atoms. The van der Waals surface area contributed by atoms with E-state index in [-0.39, 0.29) is 18.9 Å². The molecule has 25 heavy (non-hydrogen) atoms. The molecule has 1 aliphatic heterocycles. The minimum Gasteiger partial charge on any atom is -0.481 e. The Kier molecular flexibility index (Phi) is 4.40. The predicted octanol–water partition coefficient (Wildman–Crippen LogP) is 2.67. The van der Waals surface area contributed by atoms with E-state index < -0.39 is 23.7 Å². The predicted molar refractivity (Wildman–Crippen MR) is 91.7 cm³/mol. The summed E-state index contributed by atoms with van der Waals surface area (Å²) in [5.74, 6) is -1.86. The monoisotopic (exact) mass is 337 g/mol. The van der Waals surface area contributed by atoms with Crippen molar-refractivity contribution in [2.24, 2.45) is 0 Å². The van der Waals surface area contributed by atoms with E-state index in [0.29, 0.717) is 5.56 Å². The van der Waals surface area contributed by atoms with Crippen LogP contribution in [0.3, 0.4) is 0 Å². The highest BCUT2D eigenvalue weighted by Gasteiger charge is 2.54. The average Bonchev–Trinajstić information content (AvgIpc) is 2.80. The maximum Gasteiger partial charge on any atom is 0.304 e. The zero-order valence-corrected chi connectivity index (χ0v) is 13.9. The molecule has 0 aromatic heterocycles. The second kappa shape index (κ2) is 6.51. The molecule has 2 amide bonds. The van der Waals surface area contributed by atoms with Gasteiger partial charge in [-0.2, -0.15) is 0 Å². The molecule has 1 heterocycles. The van der Waals surface area contributed by atoms with Gasteiger partial charge >= 0.3 is 5.97 Å². The second-order valence-corrected chi connectivity index (χ2v) is 6.41. The van der Waals surface area contributed by atoms with Gasteiger partial charge < -0.3 is 5.11 Å². The topological polar surface area (TPSA) is 74.7 Å². The normalized spacial score (nSPS) is 20.1. The Hall–Kier alpha value is -2.95. The Bertz CT molecular complexity index is 831. The van der Waals surface area contributed by atoms with Crippen LogP contribution in [0, 0.1) is 6.92 Å². The number of carbonyl (C=O) groups is 3. The maximum atomic E-state index is 13.2. The van der Waals surface area contributed by atoms with Gasteiger partial charge in [-0.15, -0.1) is 0 Å². The van der Waals surface area contributed by atoms with Crippen LogP contribution in [0.5, 0.6) is 0 Å². The number of aliphatic carboxylic acids is 1. The average molecular weight is 337 g/mol. The lowest BCUT2D eigenvalue weighted by atomic mass is 9.74. The van der Waals surface area contributed by atoms with Crippen LogP contribution in [0.4, 0.5) is 0 Å². The van der Waals surface area contributed by atoms with Crippen LogP contribution in [0.15, 0.2) is 54.6 Å². The summed E-state index contributed by atoms with van der Waals surface area (Å²) < 4.78 is 0. The third-order valence-corrected chi connectivity index (χ3v) is 4.71. The molecule has 5 nitrogen and oxygen atoms in total. The van der Waals surface area contributed by atoms with Gasteiger partial charge in [0, 0.05) is 6.42 Å². The van der Waals surface area contributed by atoms with Gasteiger partial charge in [-0.05, 0) is 23.6 Å². The fourth-order valence-corrected chi connectivity index (χ4v) is 3.54. The van der Waals surface area contributed by atoms with Crippen molar-refractivity contribution in [3.05, 3.63) is 71.3 Å². The molecule has 3 rings (SSSR count). The first-order valence-electron chi connectivity index (χ1n) is 8.11. The quantitative estimate of drug-likeness (QED) is 0.851. The molecule has 2 aromatic carbocycles. The van der Waals surface area contributed by atoms with Crippen molar-refractivity contribution in [2.45, 2.75) is 31.7 Å². The van der Waals surface area contributed by atoms with Crippen LogP contribution in [0.2, 0.25) is 0 Å². The highest BCUT2D eigenvalue weighted by Crippen LogP contribution is 2.41. The number of carbonyl (C=O) groups excluding carboxylic acids is 2. The lowest BCUT2D eigenvalue weighted by molar-refractivity contribution is -0.145. The van der Waals surface area contributed by atoms with Gasteiger partial charge in [0.25, 0.3) is 0 Å². The Labute approximate surface area is 145 Å². The van der Waals surface area contributed by atoms with Gasteiger partial charge in [0.2, 0.25) is 11.8 Å². The molecule has 0 saturated carbocycles. The number of nitrogens with zero attached hydrogens (tertiary/aromatic N) is 1. The first-order chi connectivity index (χ1) is 11.9. The lowest BCUT2D eigenvalue weighted by Gasteiger charge is -2.27. The molecule has 1 atom stereocenters. The molecule has 1 unspecified atom stereocenters. The highest BCUT2D eigenvalue weighted by molar-refractivity contribution is 6.10. The third kappa shape index (κ3) is 3.05. The van der Waals surface area contributed by atoms with Crippen LogP contribution in [-0.4, -0.2) is 27.8 Å². The molecule has 2 aromatic rings. The number of carboxylic acid groups (broad SMARTS) is 1. The summed E-state index contributed by atoms with van der Waals surface area (Å²) in [6.07, 6.45) is -0.510. The molecule has 1 aliphatic rings. The van der Waals surface area contributed by atoms with Crippen molar-refractivity contribution in [3.8, 4) is 0 Å². The lowest BCUT2D eigenvalue weighted by Crippen LogP contribution is -2.40. The van der Waals surface area contributed by atoms with Crippen LogP contribution >= 0.6 is 0 Å². The molecular formula is C20H19NO4. The van der Waals surface area contributed by atoms with E-state index in [1.807, 2.05) is 49.4 Å². The zero-order valence-electron chi connectivity index (χ0n) is 13.9. The summed E-state index contributed by atoms with van der Waals surface area (Å²) >= 11 is 0. The number of carboxylic acids is 1. The largest absolute Gasteiger partial charge is 0.481 e. The van der Waals surface area contributed by atoms with Crippen molar-refractivity contribution in [2.75, 3.05) is 0 Å². The maximum absolute atomic E-state index is 13.2. The summed E-state index contributed by atoms with van der Waals surface area (Å²) in [4.78, 5) is 38.4. The Balaban J connectivity index is 2.02. The van der Waals surface area contributed by atoms with Crippen molar-refractivity contribution >= 4 is 17.8 Å². The van der Waals surface area contributed by atoms with E-state index in [1.165, 1.54) is 4.90 Å². The number of aryl methyl sites for hydroxylation is 1. The van der Waals surface area contributed by atoms with E-state index in [9.17, 15) is 19.5 Å². The fraction of sp³-hybridized carbons (Fsp3) is 0.250. The Morgan fingerprint density at radius 1 is 1.08 bits per heavy atom. The molecule has 5 heteroatoms. The zero-order chi connectivity index (χ0) is 18.0. The number of rotatable bonds is 5. The number of likely N-dealkylation sites (tertiary alicyclic amines) is 1. The summed E-state index contributed by atoms with van der Waals surface area (Å²) in [6, 6.07) is 16.4. The van der Waals surface area contributed by atoms with E-state index in [0.717, 1.165) is 11.1 Å². The standard InChI is InChI=1S/C20H19NO4/c1-14-7-5-6-10-16(14)20(12-18(23)24)11-17(22)21(19(20)25)13-15-8-3-2-4-9-15/h2-10H,11-13H2,1H3,(H,23,24). The van der Waals surface area contributed by atoms with Crippen LogP contribution in [0.25, 0.3) is 0 Å². The summed E-state index contributed by atoms with van der Waals surface area (Å²) in [5, 5.41) is 9.39. The molecule has 1 fully saturated rings. The van der Waals surface area contributed by atoms with Gasteiger partial charge in [-0.3, -0.25) is 19.3 Å². The molecule has 0 spiro atoms. The first kappa shape index (κ1) is 16.9. The van der Waals surface area contributed by atoms with Gasteiger partial charge in [-0.25, -0.2) is 0 Å². The molecule has 0 radical (unpaired) electrons. The van der Waals surface area contributed by atoms with Gasteiger partial charge in [-0.1, -0.05) is 54.6 Å². The Morgan fingerprint density at radius 2 is 1.72 bits per heavy atom. The molecular weight excluding hydrogens is 318 g/mol. The van der Waals surface area contributed by atoms with Crippen molar-refractivity contribution in [1.29, 1.82) is 0 Å². The van der Waals surface area contributed by atoms with Gasteiger partial charge in [0.05, 0.1) is 18.4 Å². The Morgan fingerprint density at radius 3 is 2.36 bits per heavy atom. The van der Waals surface area contributed by atoms with Crippen LogP contribution < -0.4 is 0 Å². The molecule has 1 saturated heterocycles. The van der Waals surface area contributed by atoms with Gasteiger partial charge in [0.15, 0.2) is 0 Å². The second-order valence-electron chi connectivity index (χ2n) is 6.41. The summed E-state index contributed by atoms with van der Waals surface area (Å²) in [6.45, 7) is 1.99. The smallest absolute Gasteiger partial charge is 0.304 e. The fourth-order valence-electron chi connectivity index (χ4n) is 3.54. The van der Waals surface area contributed by atoms with Crippen molar-refractivity contribution in [1.82, 2.24) is 4.90 Å². The number of hydrogen-bond acceptors (Lipinski definition) is 3. The third-order valence-electron chi connectivity index (χ3n) is 4.71. The van der Waals surface area contributed by atoms with Crippen LogP contribution in [0.1, 0.15) is 29.5 Å². The van der Waals surface area contributed by atoms with E-state index in [4.69, 9.17) is 0 Å². The molecule has 1 N–H and O–H groups in total. The minimum atomic E-state index is -1.33. The molecule has 0 aliphatic carbocycles. The summed E-state index contributed by atoms with van der Waals surface area (Å²) in [7, 11) is 0. The highest BCUT2D eigenvalue weighted by atomic mass is 16.4. The SMILES string of the molecule is Cc1ccccc1C1(CC(=O)O)CC(=O)N(Cc2ccccc2)C1=O. The van der Waals surface area contributed by atoms with E-state index >= 15 is 0 Å². The number of imide groups is 1. The summed E-state index contributed by atoms with van der Waals surface area (Å²) in [5.41, 5.74) is 0.932. The number of hydrogen-bond donors (Lipinski definition) is 1.